The molecule has 0 saturated heterocycles. The van der Waals surface area contributed by atoms with Crippen molar-refractivity contribution in [3.05, 3.63) is 35.6 Å². The first-order chi connectivity index (χ1) is 11.1. The van der Waals surface area contributed by atoms with Crippen LogP contribution in [0.3, 0.4) is 0 Å². The highest BCUT2D eigenvalue weighted by molar-refractivity contribution is 5.66. The molecule has 23 heavy (non-hydrogen) atoms. The Morgan fingerprint density at radius 2 is 2.04 bits per heavy atom. The van der Waals surface area contributed by atoms with Gasteiger partial charge < -0.3 is 10.1 Å². The molecule has 130 valence electrons. The molecule has 1 amide bonds. The number of hydrogen-bond donors (Lipinski definition) is 1. The van der Waals surface area contributed by atoms with Gasteiger partial charge in [-0.3, -0.25) is 0 Å². The first-order valence-corrected chi connectivity index (χ1v) is 8.69. The van der Waals surface area contributed by atoms with Crippen LogP contribution in [0.5, 0.6) is 0 Å². The van der Waals surface area contributed by atoms with E-state index >= 15 is 0 Å². The molecule has 0 radical (unpaired) electrons. The van der Waals surface area contributed by atoms with Gasteiger partial charge in [0.25, 0.3) is 0 Å². The Balaban J connectivity index is 2.73. The maximum Gasteiger partial charge on any atom is 0.406 e. The summed E-state index contributed by atoms with van der Waals surface area (Å²) in [6.45, 7) is 4.99. The number of amides is 1. The standard InChI is InChI=1S/C19H30FNO2/c1-4-6-9-15(5-2)18(12-8-13-21-19(22)23-3)16-10-7-11-17(20)14-16/h7,10-11,14-15,18H,4-6,8-9,12-13H2,1-3H3,(H,21,22)/t15-,18?/m0/s1. The molecular weight excluding hydrogens is 293 g/mol. The number of rotatable bonds is 10. The molecule has 0 heterocycles. The van der Waals surface area contributed by atoms with Crippen molar-refractivity contribution >= 4 is 6.09 Å². The van der Waals surface area contributed by atoms with Gasteiger partial charge in [-0.25, -0.2) is 9.18 Å². The number of nitrogens with one attached hydrogen (secondary N) is 1. The summed E-state index contributed by atoms with van der Waals surface area (Å²) < 4.78 is 18.2. The minimum atomic E-state index is -0.398. The first-order valence-electron chi connectivity index (χ1n) is 8.69. The molecule has 0 aliphatic heterocycles. The zero-order valence-corrected chi connectivity index (χ0v) is 14.6. The number of carbonyl (C=O) groups is 1. The molecule has 0 spiro atoms. The van der Waals surface area contributed by atoms with Gasteiger partial charge in [0.05, 0.1) is 7.11 Å². The third-order valence-electron chi connectivity index (χ3n) is 4.45. The number of hydrogen-bond acceptors (Lipinski definition) is 2. The van der Waals surface area contributed by atoms with E-state index in [1.165, 1.54) is 32.4 Å². The van der Waals surface area contributed by atoms with Gasteiger partial charge in [-0.15, -0.1) is 0 Å². The van der Waals surface area contributed by atoms with Crippen molar-refractivity contribution in [2.24, 2.45) is 5.92 Å². The molecule has 0 saturated carbocycles. The van der Waals surface area contributed by atoms with Crippen LogP contribution in [0, 0.1) is 11.7 Å². The lowest BCUT2D eigenvalue weighted by Crippen LogP contribution is -2.25. The Bertz CT molecular complexity index is 464. The quantitative estimate of drug-likeness (QED) is 0.596. The Morgan fingerprint density at radius 3 is 2.65 bits per heavy atom. The second-order valence-electron chi connectivity index (χ2n) is 6.03. The smallest absolute Gasteiger partial charge is 0.406 e. The van der Waals surface area contributed by atoms with Crippen LogP contribution in [-0.4, -0.2) is 19.7 Å². The van der Waals surface area contributed by atoms with Crippen molar-refractivity contribution < 1.29 is 13.9 Å². The summed E-state index contributed by atoms with van der Waals surface area (Å²) in [5.74, 6) is 0.710. The highest BCUT2D eigenvalue weighted by atomic mass is 19.1. The minimum absolute atomic E-state index is 0.175. The van der Waals surface area contributed by atoms with Crippen molar-refractivity contribution in [3.8, 4) is 0 Å². The van der Waals surface area contributed by atoms with E-state index < -0.39 is 6.09 Å². The fourth-order valence-electron chi connectivity index (χ4n) is 3.15. The van der Waals surface area contributed by atoms with Crippen LogP contribution < -0.4 is 5.32 Å². The molecule has 3 nitrogen and oxygen atoms in total. The summed E-state index contributed by atoms with van der Waals surface area (Å²) >= 11 is 0. The van der Waals surface area contributed by atoms with Crippen molar-refractivity contribution in [2.75, 3.05) is 13.7 Å². The highest BCUT2D eigenvalue weighted by Gasteiger charge is 2.21. The largest absolute Gasteiger partial charge is 0.453 e. The number of ether oxygens (including phenoxy) is 1. The van der Waals surface area contributed by atoms with E-state index in [1.807, 2.05) is 6.07 Å². The van der Waals surface area contributed by atoms with Gasteiger partial charge in [0, 0.05) is 6.54 Å². The molecule has 1 aromatic rings. The lowest BCUT2D eigenvalue weighted by Gasteiger charge is -2.27. The van der Waals surface area contributed by atoms with Crippen LogP contribution in [0.25, 0.3) is 0 Å². The molecule has 2 atom stereocenters. The minimum Gasteiger partial charge on any atom is -0.453 e. The van der Waals surface area contributed by atoms with E-state index in [0.717, 1.165) is 24.8 Å². The summed E-state index contributed by atoms with van der Waals surface area (Å²) in [6, 6.07) is 6.96. The number of methoxy groups -OCH3 is 1. The topological polar surface area (TPSA) is 38.3 Å². The first kappa shape index (κ1) is 19.5. The fourth-order valence-corrected chi connectivity index (χ4v) is 3.15. The van der Waals surface area contributed by atoms with Crippen molar-refractivity contribution in [2.45, 2.75) is 58.3 Å². The predicted molar refractivity (Wildman–Crippen MR) is 92.1 cm³/mol. The average Bonchev–Trinajstić information content (AvgIpc) is 2.56. The van der Waals surface area contributed by atoms with Crippen LogP contribution in [0.15, 0.2) is 24.3 Å². The number of alkyl carbamates (subject to hydrolysis) is 1. The van der Waals surface area contributed by atoms with Crippen LogP contribution in [0.2, 0.25) is 0 Å². The lowest BCUT2D eigenvalue weighted by atomic mass is 9.78. The van der Waals surface area contributed by atoms with E-state index in [0.29, 0.717) is 18.4 Å². The summed E-state index contributed by atoms with van der Waals surface area (Å²) in [6.07, 6.45) is 6.03. The van der Waals surface area contributed by atoms with Gasteiger partial charge in [-0.2, -0.15) is 0 Å². The fraction of sp³-hybridized carbons (Fsp3) is 0.632. The Labute approximate surface area is 139 Å². The Kier molecular flexibility index (Phi) is 9.34. The Hall–Kier alpha value is -1.58. The van der Waals surface area contributed by atoms with E-state index in [2.05, 4.69) is 23.9 Å². The molecule has 1 aromatic carbocycles. The normalized spacial score (nSPS) is 13.4. The summed E-state index contributed by atoms with van der Waals surface area (Å²) in [5, 5.41) is 2.72. The summed E-state index contributed by atoms with van der Waals surface area (Å²) in [7, 11) is 1.36. The van der Waals surface area contributed by atoms with E-state index in [-0.39, 0.29) is 5.82 Å². The number of unbranched alkanes of at least 4 members (excludes halogenated alkanes) is 1. The number of carbonyl (C=O) groups excluding carboxylic acids is 1. The molecule has 4 heteroatoms. The second-order valence-corrected chi connectivity index (χ2v) is 6.03. The van der Waals surface area contributed by atoms with E-state index in [1.54, 1.807) is 12.1 Å². The molecule has 1 rings (SSSR count). The second kappa shape index (κ2) is 11.0. The van der Waals surface area contributed by atoms with E-state index in [4.69, 9.17) is 0 Å². The molecule has 0 fully saturated rings. The van der Waals surface area contributed by atoms with Crippen molar-refractivity contribution in [1.82, 2.24) is 5.32 Å². The van der Waals surface area contributed by atoms with Crippen molar-refractivity contribution in [1.29, 1.82) is 0 Å². The summed E-state index contributed by atoms with van der Waals surface area (Å²) in [5.41, 5.74) is 1.08. The third-order valence-corrected chi connectivity index (χ3v) is 4.45. The summed E-state index contributed by atoms with van der Waals surface area (Å²) in [4.78, 5) is 11.1. The average molecular weight is 323 g/mol. The molecule has 0 aromatic heterocycles. The van der Waals surface area contributed by atoms with Gasteiger partial charge in [-0.05, 0) is 48.8 Å². The molecule has 1 N–H and O–H groups in total. The number of benzene rings is 1. The van der Waals surface area contributed by atoms with Crippen LogP contribution in [0.1, 0.15) is 63.9 Å². The van der Waals surface area contributed by atoms with Gasteiger partial charge >= 0.3 is 6.09 Å². The van der Waals surface area contributed by atoms with E-state index in [9.17, 15) is 9.18 Å². The zero-order chi connectivity index (χ0) is 17.1. The maximum atomic E-state index is 13.6. The van der Waals surface area contributed by atoms with Crippen LogP contribution in [-0.2, 0) is 4.74 Å². The Morgan fingerprint density at radius 1 is 1.26 bits per heavy atom. The molecule has 0 aliphatic carbocycles. The monoisotopic (exact) mass is 323 g/mol. The number of halogens is 1. The highest BCUT2D eigenvalue weighted by Crippen LogP contribution is 2.35. The van der Waals surface area contributed by atoms with Crippen LogP contribution in [0.4, 0.5) is 9.18 Å². The maximum absolute atomic E-state index is 13.6. The SMILES string of the molecule is CCCC[C@H](CC)C(CCCNC(=O)OC)c1cccc(F)c1. The van der Waals surface area contributed by atoms with Crippen LogP contribution >= 0.6 is 0 Å². The van der Waals surface area contributed by atoms with Crippen molar-refractivity contribution in [3.63, 3.8) is 0 Å². The predicted octanol–water partition coefficient (Wildman–Crippen LogP) is 5.26. The third kappa shape index (κ3) is 7.02. The zero-order valence-electron chi connectivity index (χ0n) is 14.6. The molecular formula is C19H30FNO2. The van der Waals surface area contributed by atoms with Gasteiger partial charge in [0.15, 0.2) is 0 Å². The van der Waals surface area contributed by atoms with Gasteiger partial charge in [-0.1, -0.05) is 45.2 Å². The molecule has 1 unspecified atom stereocenters. The molecule has 0 aliphatic rings. The molecule has 0 bridgehead atoms. The lowest BCUT2D eigenvalue weighted by molar-refractivity contribution is 0.170. The van der Waals surface area contributed by atoms with Gasteiger partial charge in [0.2, 0.25) is 0 Å². The van der Waals surface area contributed by atoms with Gasteiger partial charge in [0.1, 0.15) is 5.82 Å².